The molecule has 0 fully saturated rings. The number of H-pyrrole nitrogens is 1. The van der Waals surface area contributed by atoms with Crippen molar-refractivity contribution >= 4 is 33.2 Å². The van der Waals surface area contributed by atoms with Gasteiger partial charge in [0, 0.05) is 10.3 Å². The Kier molecular flexibility index (Phi) is 2.12. The van der Waals surface area contributed by atoms with Crippen LogP contribution in [0.1, 0.15) is 4.88 Å². The van der Waals surface area contributed by atoms with Crippen molar-refractivity contribution in [1.29, 1.82) is 0 Å². The van der Waals surface area contributed by atoms with E-state index >= 15 is 0 Å². The first kappa shape index (κ1) is 9.68. The molecule has 0 unspecified atom stereocenters. The fourth-order valence-electron chi connectivity index (χ4n) is 1.43. The molecule has 0 spiro atoms. The van der Waals surface area contributed by atoms with Crippen molar-refractivity contribution < 1.29 is 0 Å². The van der Waals surface area contributed by atoms with Crippen molar-refractivity contribution in [1.82, 2.24) is 25.1 Å². The first-order valence-corrected chi connectivity index (χ1v) is 5.73. The number of fused-ring (bicyclic) bond motifs is 1. The van der Waals surface area contributed by atoms with E-state index in [0.717, 1.165) is 15.1 Å². The van der Waals surface area contributed by atoms with Crippen LogP contribution in [0.3, 0.4) is 0 Å². The molecule has 80 valence electrons. The normalized spacial score (nSPS) is 11.1. The van der Waals surface area contributed by atoms with Crippen molar-refractivity contribution in [3.63, 3.8) is 0 Å². The van der Waals surface area contributed by atoms with Gasteiger partial charge in [-0.2, -0.15) is 0 Å². The molecule has 3 aromatic rings. The van der Waals surface area contributed by atoms with E-state index in [9.17, 15) is 0 Å². The molecule has 0 aliphatic heterocycles. The monoisotopic (exact) mass is 251 g/mol. The van der Waals surface area contributed by atoms with E-state index in [1.54, 1.807) is 11.3 Å². The zero-order valence-electron chi connectivity index (χ0n) is 8.23. The van der Waals surface area contributed by atoms with Gasteiger partial charge >= 0.3 is 0 Å². The molecular formula is C9H6ClN5S. The van der Waals surface area contributed by atoms with Gasteiger partial charge in [0.05, 0.1) is 0 Å². The Bertz CT molecular complexity index is 645. The molecule has 16 heavy (non-hydrogen) atoms. The Hall–Kier alpha value is -1.53. The molecule has 7 heteroatoms. The average Bonchev–Trinajstić information content (AvgIpc) is 2.84. The number of aryl methyl sites for hydroxylation is 1. The highest BCUT2D eigenvalue weighted by Gasteiger charge is 2.11. The molecule has 3 rings (SSSR count). The third kappa shape index (κ3) is 1.46. The maximum Gasteiger partial charge on any atom is 0.200 e. The molecule has 0 radical (unpaired) electrons. The fourth-order valence-corrected chi connectivity index (χ4v) is 2.59. The van der Waals surface area contributed by atoms with Gasteiger partial charge in [-0.15, -0.1) is 21.5 Å². The molecule has 1 N–H and O–H groups in total. The van der Waals surface area contributed by atoms with Gasteiger partial charge in [0.2, 0.25) is 5.82 Å². The second-order valence-electron chi connectivity index (χ2n) is 3.25. The quantitative estimate of drug-likeness (QED) is 0.675. The molecular weight excluding hydrogens is 246 g/mol. The lowest BCUT2D eigenvalue weighted by Crippen LogP contribution is -1.91. The number of aromatic nitrogens is 5. The topological polar surface area (TPSA) is 67.3 Å². The average molecular weight is 252 g/mol. The summed E-state index contributed by atoms with van der Waals surface area (Å²) < 4.78 is 0. The minimum atomic E-state index is 0.445. The highest BCUT2D eigenvalue weighted by Crippen LogP contribution is 2.29. The SMILES string of the molecule is Cc1cc2c(Cl)nc(-c3nnc[nH]3)nc2s1. The van der Waals surface area contributed by atoms with Gasteiger partial charge in [-0.3, -0.25) is 0 Å². The molecule has 0 aromatic carbocycles. The Balaban J connectivity index is 2.28. The van der Waals surface area contributed by atoms with Crippen molar-refractivity contribution in [2.75, 3.05) is 0 Å². The molecule has 0 bridgehead atoms. The standard InChI is InChI=1S/C9H6ClN5S/c1-4-2-5-6(10)13-8(14-9(5)16-4)7-11-3-12-15-7/h2-3H,1H3,(H,11,12,15). The van der Waals surface area contributed by atoms with Crippen LogP contribution >= 0.6 is 22.9 Å². The van der Waals surface area contributed by atoms with Crippen LogP contribution in [0.4, 0.5) is 0 Å². The smallest absolute Gasteiger partial charge is 0.200 e. The van der Waals surface area contributed by atoms with Crippen molar-refractivity contribution in [3.05, 3.63) is 22.4 Å². The summed E-state index contributed by atoms with van der Waals surface area (Å²) in [5, 5.41) is 8.87. The van der Waals surface area contributed by atoms with E-state index < -0.39 is 0 Å². The maximum absolute atomic E-state index is 6.09. The van der Waals surface area contributed by atoms with E-state index in [4.69, 9.17) is 11.6 Å². The van der Waals surface area contributed by atoms with Gasteiger partial charge in [0.25, 0.3) is 0 Å². The van der Waals surface area contributed by atoms with Crippen LogP contribution in [0, 0.1) is 6.92 Å². The lowest BCUT2D eigenvalue weighted by Gasteiger charge is -1.96. The second kappa shape index (κ2) is 3.50. The molecule has 0 saturated heterocycles. The van der Waals surface area contributed by atoms with Crippen LogP contribution in [0.5, 0.6) is 0 Å². The van der Waals surface area contributed by atoms with Crippen molar-refractivity contribution in [2.45, 2.75) is 6.92 Å². The van der Waals surface area contributed by atoms with E-state index in [1.165, 1.54) is 6.33 Å². The van der Waals surface area contributed by atoms with Crippen LogP contribution < -0.4 is 0 Å². The van der Waals surface area contributed by atoms with Crippen molar-refractivity contribution in [3.8, 4) is 11.6 Å². The molecule has 0 atom stereocenters. The van der Waals surface area contributed by atoms with Gasteiger partial charge < -0.3 is 4.98 Å². The number of halogens is 1. The maximum atomic E-state index is 6.09. The second-order valence-corrected chi connectivity index (χ2v) is 4.84. The van der Waals surface area contributed by atoms with Gasteiger partial charge in [0.15, 0.2) is 5.82 Å². The number of hydrogen-bond donors (Lipinski definition) is 1. The predicted octanol–water partition coefficient (Wildman–Crippen LogP) is 2.44. The van der Waals surface area contributed by atoms with E-state index in [2.05, 4.69) is 25.1 Å². The van der Waals surface area contributed by atoms with Gasteiger partial charge in [0.1, 0.15) is 16.3 Å². The summed E-state index contributed by atoms with van der Waals surface area (Å²) in [6, 6.07) is 1.98. The lowest BCUT2D eigenvalue weighted by atomic mass is 10.4. The van der Waals surface area contributed by atoms with Crippen LogP contribution in [-0.4, -0.2) is 25.1 Å². The fraction of sp³-hybridized carbons (Fsp3) is 0.111. The van der Waals surface area contributed by atoms with E-state index in [0.29, 0.717) is 16.8 Å². The molecule has 5 nitrogen and oxygen atoms in total. The summed E-state index contributed by atoms with van der Waals surface area (Å²) in [6.45, 7) is 2.01. The molecule has 0 saturated carbocycles. The zero-order chi connectivity index (χ0) is 11.1. The summed E-state index contributed by atoms with van der Waals surface area (Å²) >= 11 is 7.67. The van der Waals surface area contributed by atoms with Crippen LogP contribution in [-0.2, 0) is 0 Å². The van der Waals surface area contributed by atoms with Gasteiger partial charge in [-0.25, -0.2) is 9.97 Å². The molecule has 3 aromatic heterocycles. The number of rotatable bonds is 1. The number of hydrogen-bond acceptors (Lipinski definition) is 5. The highest BCUT2D eigenvalue weighted by molar-refractivity contribution is 7.18. The molecule has 0 aliphatic carbocycles. The molecule has 3 heterocycles. The predicted molar refractivity (Wildman–Crippen MR) is 62.5 cm³/mol. The van der Waals surface area contributed by atoms with Crippen molar-refractivity contribution in [2.24, 2.45) is 0 Å². The first-order chi connectivity index (χ1) is 7.74. The van der Waals surface area contributed by atoms with E-state index in [1.807, 2.05) is 13.0 Å². The third-order valence-electron chi connectivity index (χ3n) is 2.10. The zero-order valence-corrected chi connectivity index (χ0v) is 9.80. The Morgan fingerprint density at radius 3 is 3.00 bits per heavy atom. The number of nitrogens with zero attached hydrogens (tertiary/aromatic N) is 4. The van der Waals surface area contributed by atoms with Gasteiger partial charge in [-0.05, 0) is 13.0 Å². The minimum Gasteiger partial charge on any atom is -0.325 e. The summed E-state index contributed by atoms with van der Waals surface area (Å²) in [5.74, 6) is 0.992. The van der Waals surface area contributed by atoms with Crippen LogP contribution in [0.15, 0.2) is 12.4 Å². The Morgan fingerprint density at radius 2 is 2.25 bits per heavy atom. The summed E-state index contributed by atoms with van der Waals surface area (Å²) in [6.07, 6.45) is 1.48. The van der Waals surface area contributed by atoms with Gasteiger partial charge in [-0.1, -0.05) is 11.6 Å². The largest absolute Gasteiger partial charge is 0.325 e. The molecule has 0 aliphatic rings. The van der Waals surface area contributed by atoms with E-state index in [-0.39, 0.29) is 0 Å². The summed E-state index contributed by atoms with van der Waals surface area (Å²) in [5.41, 5.74) is 0. The van der Waals surface area contributed by atoms with Crippen LogP contribution in [0.25, 0.3) is 21.9 Å². The van der Waals surface area contributed by atoms with Crippen LogP contribution in [0.2, 0.25) is 5.15 Å². The highest BCUT2D eigenvalue weighted by atomic mass is 35.5. The number of nitrogens with one attached hydrogen (secondary N) is 1. The third-order valence-corrected chi connectivity index (χ3v) is 3.33. The number of thiophene rings is 1. The lowest BCUT2D eigenvalue weighted by molar-refractivity contribution is 1.07. The molecule has 0 amide bonds. The summed E-state index contributed by atoms with van der Waals surface area (Å²) in [7, 11) is 0. The first-order valence-electron chi connectivity index (χ1n) is 4.54. The Labute approximate surface area is 99.5 Å². The summed E-state index contributed by atoms with van der Waals surface area (Å²) in [4.78, 5) is 13.4. The minimum absolute atomic E-state index is 0.445. The number of aromatic amines is 1. The Morgan fingerprint density at radius 1 is 1.38 bits per heavy atom.